The molecule has 2 N–H and O–H groups in total. The Balaban J connectivity index is 0.000000301. The topological polar surface area (TPSA) is 118 Å². The molecule has 8 nitrogen and oxygen atoms in total. The van der Waals surface area contributed by atoms with Crippen LogP contribution in [0.3, 0.4) is 0 Å². The highest BCUT2D eigenvalue weighted by atomic mass is 19.1. The summed E-state index contributed by atoms with van der Waals surface area (Å²) in [5, 5.41) is 18.8. The summed E-state index contributed by atoms with van der Waals surface area (Å²) in [5.74, 6) is -4.84. The molecule has 0 aliphatic carbocycles. The van der Waals surface area contributed by atoms with E-state index >= 15 is 0 Å². The number of halogens is 2. The fraction of sp³-hybridized carbons (Fsp3) is 0.286. The Morgan fingerprint density at radius 2 is 1.96 bits per heavy atom. The number of epoxide rings is 1. The highest BCUT2D eigenvalue weighted by molar-refractivity contribution is 6.27. The van der Waals surface area contributed by atoms with Gasteiger partial charge in [-0.05, 0) is 13.0 Å². The second-order valence-electron chi connectivity index (χ2n) is 4.98. The number of hydrogen-bond acceptors (Lipinski definition) is 5. The molecule has 2 aromatic rings. The fourth-order valence-corrected chi connectivity index (χ4v) is 2.20. The normalized spacial score (nSPS) is 21.5. The second kappa shape index (κ2) is 6.71. The number of carbonyl (C=O) groups is 2. The van der Waals surface area contributed by atoms with E-state index in [1.165, 1.54) is 24.8 Å². The largest absolute Gasteiger partial charge is 0.473 e. The minimum atomic E-state index is -1.82. The predicted molar refractivity (Wildman–Crippen MR) is 73.9 cm³/mol. The first-order chi connectivity index (χ1) is 11.3. The number of benzene rings is 1. The zero-order valence-electron chi connectivity index (χ0n) is 12.4. The summed E-state index contributed by atoms with van der Waals surface area (Å²) in [4.78, 5) is 22.0. The lowest BCUT2D eigenvalue weighted by atomic mass is 9.95. The second-order valence-corrected chi connectivity index (χ2v) is 4.98. The summed E-state index contributed by atoms with van der Waals surface area (Å²) in [6.45, 7) is 2.20. The summed E-state index contributed by atoms with van der Waals surface area (Å²) >= 11 is 0. The highest BCUT2D eigenvalue weighted by Gasteiger charge is 2.56. The number of rotatable bonds is 3. The van der Waals surface area contributed by atoms with E-state index in [4.69, 9.17) is 24.5 Å². The van der Waals surface area contributed by atoms with E-state index in [0.717, 1.165) is 6.07 Å². The third kappa shape index (κ3) is 3.71. The molecular weight excluding hydrogens is 328 g/mol. The van der Waals surface area contributed by atoms with Crippen molar-refractivity contribution in [2.24, 2.45) is 0 Å². The van der Waals surface area contributed by atoms with Gasteiger partial charge in [-0.2, -0.15) is 5.10 Å². The zero-order valence-corrected chi connectivity index (χ0v) is 12.4. The molecule has 10 heteroatoms. The van der Waals surface area contributed by atoms with Gasteiger partial charge in [-0.15, -0.1) is 0 Å². The van der Waals surface area contributed by atoms with Crippen LogP contribution in [0.15, 0.2) is 30.9 Å². The smallest absolute Gasteiger partial charge is 0.414 e. The molecular formula is C14H13F2N3O5. The van der Waals surface area contributed by atoms with Crippen LogP contribution < -0.4 is 0 Å². The monoisotopic (exact) mass is 341 g/mol. The van der Waals surface area contributed by atoms with Gasteiger partial charge in [-0.1, -0.05) is 6.07 Å². The molecule has 1 fully saturated rings. The molecule has 0 bridgehead atoms. The van der Waals surface area contributed by atoms with Gasteiger partial charge in [-0.25, -0.2) is 28.0 Å². The molecule has 1 saturated heterocycles. The number of aromatic nitrogens is 3. The molecule has 1 aliphatic heterocycles. The quantitative estimate of drug-likeness (QED) is 0.632. The minimum Gasteiger partial charge on any atom is -0.473 e. The first-order valence-electron chi connectivity index (χ1n) is 6.68. The molecule has 1 aromatic carbocycles. The van der Waals surface area contributed by atoms with Crippen molar-refractivity contribution in [3.8, 4) is 0 Å². The van der Waals surface area contributed by atoms with Crippen molar-refractivity contribution in [3.05, 3.63) is 48.1 Å². The van der Waals surface area contributed by atoms with Crippen molar-refractivity contribution in [2.45, 2.75) is 25.2 Å². The summed E-state index contributed by atoms with van der Waals surface area (Å²) in [6, 6.07) is 3.52. The Morgan fingerprint density at radius 1 is 1.33 bits per heavy atom. The SMILES string of the molecule is C[C@@H]1O[C@@]1(Cn1cncn1)c1ccc(F)cc1F.O=C(O)C(=O)O. The molecule has 2 atom stereocenters. The van der Waals surface area contributed by atoms with Crippen LogP contribution in [0, 0.1) is 11.6 Å². The van der Waals surface area contributed by atoms with Crippen molar-refractivity contribution in [1.29, 1.82) is 0 Å². The van der Waals surface area contributed by atoms with E-state index in [1.54, 1.807) is 4.68 Å². The predicted octanol–water partition coefficient (Wildman–Crippen LogP) is 1.03. The fourth-order valence-electron chi connectivity index (χ4n) is 2.20. The summed E-state index contributed by atoms with van der Waals surface area (Å²) in [7, 11) is 0. The highest BCUT2D eigenvalue weighted by Crippen LogP contribution is 2.48. The van der Waals surface area contributed by atoms with Gasteiger partial charge in [0.05, 0.1) is 12.6 Å². The molecule has 0 saturated carbocycles. The van der Waals surface area contributed by atoms with Crippen molar-refractivity contribution < 1.29 is 33.3 Å². The Labute approximate surface area is 134 Å². The van der Waals surface area contributed by atoms with Crippen molar-refractivity contribution in [2.75, 3.05) is 0 Å². The average molecular weight is 341 g/mol. The lowest BCUT2D eigenvalue weighted by Crippen LogP contribution is -2.22. The van der Waals surface area contributed by atoms with Gasteiger partial charge in [0.2, 0.25) is 0 Å². The molecule has 0 spiro atoms. The first-order valence-corrected chi connectivity index (χ1v) is 6.68. The molecule has 2 heterocycles. The molecule has 0 unspecified atom stereocenters. The van der Waals surface area contributed by atoms with Crippen LogP contribution in [0.5, 0.6) is 0 Å². The van der Waals surface area contributed by atoms with Crippen LogP contribution in [-0.4, -0.2) is 43.0 Å². The number of carboxylic acids is 2. The molecule has 3 rings (SSSR count). The summed E-state index contributed by atoms with van der Waals surface area (Å²) < 4.78 is 33.9. The average Bonchev–Trinajstić information content (AvgIpc) is 2.91. The number of carboxylic acid groups (broad SMARTS) is 2. The van der Waals surface area contributed by atoms with Gasteiger partial charge in [0.15, 0.2) is 0 Å². The summed E-state index contributed by atoms with van der Waals surface area (Å²) in [5.41, 5.74) is -0.419. The van der Waals surface area contributed by atoms with Crippen LogP contribution in [0.4, 0.5) is 8.78 Å². The van der Waals surface area contributed by atoms with E-state index in [0.29, 0.717) is 12.1 Å². The van der Waals surface area contributed by atoms with E-state index < -0.39 is 29.2 Å². The van der Waals surface area contributed by atoms with Crippen LogP contribution >= 0.6 is 0 Å². The van der Waals surface area contributed by atoms with Gasteiger partial charge in [0, 0.05) is 11.6 Å². The Bertz CT molecular complexity index is 741. The van der Waals surface area contributed by atoms with Crippen LogP contribution in [-0.2, 0) is 26.5 Å². The first kappa shape index (κ1) is 17.5. The van der Waals surface area contributed by atoms with Crippen molar-refractivity contribution >= 4 is 11.9 Å². The molecule has 1 aliphatic rings. The maximum Gasteiger partial charge on any atom is 0.414 e. The van der Waals surface area contributed by atoms with E-state index in [-0.39, 0.29) is 6.10 Å². The lowest BCUT2D eigenvalue weighted by Gasteiger charge is -2.13. The molecule has 0 amide bonds. The number of hydrogen-bond donors (Lipinski definition) is 2. The third-order valence-electron chi connectivity index (χ3n) is 3.42. The van der Waals surface area contributed by atoms with Gasteiger partial charge in [0.25, 0.3) is 0 Å². The number of aliphatic carboxylic acids is 2. The molecule has 24 heavy (non-hydrogen) atoms. The van der Waals surface area contributed by atoms with Gasteiger partial charge in [-0.3, -0.25) is 0 Å². The van der Waals surface area contributed by atoms with Crippen LogP contribution in [0.25, 0.3) is 0 Å². The molecule has 0 radical (unpaired) electrons. The van der Waals surface area contributed by atoms with Gasteiger partial charge < -0.3 is 14.9 Å². The standard InChI is InChI=1S/C12H11F2N3O.C2H2O4/c1-8-12(18-8,5-17-7-15-6-16-17)10-3-2-9(13)4-11(10)14;3-1(4)2(5)6/h2-4,6-8H,5H2,1H3;(H,3,4)(H,5,6)/t8-,12+;/m0./s1. The number of nitrogens with zero attached hydrogens (tertiary/aromatic N) is 3. The van der Waals surface area contributed by atoms with Crippen molar-refractivity contribution in [3.63, 3.8) is 0 Å². The maximum absolute atomic E-state index is 13.8. The van der Waals surface area contributed by atoms with Gasteiger partial charge >= 0.3 is 11.9 Å². The van der Waals surface area contributed by atoms with Crippen LogP contribution in [0.1, 0.15) is 12.5 Å². The number of ether oxygens (including phenoxy) is 1. The lowest BCUT2D eigenvalue weighted by molar-refractivity contribution is -0.159. The minimum absolute atomic E-state index is 0.137. The van der Waals surface area contributed by atoms with E-state index in [9.17, 15) is 8.78 Å². The Kier molecular flexibility index (Phi) is 4.88. The Hall–Kier alpha value is -2.88. The van der Waals surface area contributed by atoms with Crippen molar-refractivity contribution in [1.82, 2.24) is 14.8 Å². The zero-order chi connectivity index (χ0) is 17.9. The molecule has 1 aromatic heterocycles. The Morgan fingerprint density at radius 3 is 2.38 bits per heavy atom. The van der Waals surface area contributed by atoms with E-state index in [2.05, 4.69) is 10.1 Å². The van der Waals surface area contributed by atoms with E-state index in [1.807, 2.05) is 6.92 Å². The van der Waals surface area contributed by atoms with Crippen LogP contribution in [0.2, 0.25) is 0 Å². The molecule has 128 valence electrons. The third-order valence-corrected chi connectivity index (χ3v) is 3.42. The maximum atomic E-state index is 13.8. The summed E-state index contributed by atoms with van der Waals surface area (Å²) in [6.07, 6.45) is 2.81. The van der Waals surface area contributed by atoms with Gasteiger partial charge in [0.1, 0.15) is 29.9 Å².